The van der Waals surface area contributed by atoms with Crippen LogP contribution in [0.1, 0.15) is 155 Å². The summed E-state index contributed by atoms with van der Waals surface area (Å²) >= 11 is 0. The van der Waals surface area contributed by atoms with Gasteiger partial charge in [0.15, 0.2) is 12.4 Å². The number of allylic oxidation sites excluding steroid dienone is 2. The minimum Gasteiger partial charge on any atom is -0.462 e. The molecular weight excluding hydrogens is 604 g/mol. The molecule has 0 saturated carbocycles. The summed E-state index contributed by atoms with van der Waals surface area (Å²) in [6.45, 7) is 3.32. The van der Waals surface area contributed by atoms with Crippen molar-refractivity contribution in [3.05, 3.63) is 12.2 Å². The number of hydrogen-bond acceptors (Lipinski definition) is 10. The molecule has 0 amide bonds. The van der Waals surface area contributed by atoms with E-state index in [-0.39, 0.29) is 32.0 Å². The van der Waals surface area contributed by atoms with Crippen LogP contribution in [0.25, 0.3) is 0 Å². The molecule has 276 valence electrons. The topological polar surface area (TPSA) is 152 Å². The van der Waals surface area contributed by atoms with Gasteiger partial charge in [-0.3, -0.25) is 9.59 Å². The van der Waals surface area contributed by atoms with Crippen LogP contribution in [0.15, 0.2) is 12.2 Å². The Morgan fingerprint density at radius 3 is 1.74 bits per heavy atom. The quantitative estimate of drug-likeness (QED) is 0.0381. The molecule has 47 heavy (non-hydrogen) atoms. The summed E-state index contributed by atoms with van der Waals surface area (Å²) < 4.78 is 22.0. The molecule has 1 heterocycles. The van der Waals surface area contributed by atoms with Crippen LogP contribution in [-0.2, 0) is 28.5 Å². The van der Waals surface area contributed by atoms with Crippen molar-refractivity contribution in [2.75, 3.05) is 19.8 Å². The summed E-state index contributed by atoms with van der Waals surface area (Å²) in [7, 11) is 0. The molecule has 0 bridgehead atoms. The van der Waals surface area contributed by atoms with Crippen molar-refractivity contribution in [3.8, 4) is 0 Å². The Hall–Kier alpha value is -1.56. The number of unbranched alkanes of at least 4 members (excludes halogenated alkanes) is 17. The molecule has 10 nitrogen and oxygen atoms in total. The minimum absolute atomic E-state index is 0.216. The van der Waals surface area contributed by atoms with E-state index >= 15 is 0 Å². The van der Waals surface area contributed by atoms with E-state index in [0.717, 1.165) is 64.2 Å². The average molecular weight is 673 g/mol. The second kappa shape index (κ2) is 29.4. The van der Waals surface area contributed by atoms with Gasteiger partial charge in [0.25, 0.3) is 0 Å². The number of aliphatic hydroxyl groups is 4. The molecule has 1 aliphatic heterocycles. The lowest BCUT2D eigenvalue weighted by atomic mass is 9.99. The number of rotatable bonds is 30. The summed E-state index contributed by atoms with van der Waals surface area (Å²) in [6.07, 6.45) is 19.5. The summed E-state index contributed by atoms with van der Waals surface area (Å²) in [5.41, 5.74) is 0. The molecule has 1 saturated heterocycles. The van der Waals surface area contributed by atoms with Crippen LogP contribution in [0.2, 0.25) is 0 Å². The van der Waals surface area contributed by atoms with Crippen LogP contribution in [0.4, 0.5) is 0 Å². The van der Waals surface area contributed by atoms with Gasteiger partial charge in [-0.05, 0) is 32.1 Å². The van der Waals surface area contributed by atoms with E-state index in [2.05, 4.69) is 26.0 Å². The Kier molecular flexibility index (Phi) is 27.2. The number of carbonyl (C=O) groups excluding carboxylic acids is 2. The Balaban J connectivity index is 2.41. The second-order valence-corrected chi connectivity index (χ2v) is 13.0. The Labute approximate surface area is 284 Å². The fourth-order valence-electron chi connectivity index (χ4n) is 5.60. The number of aliphatic hydroxyl groups excluding tert-OH is 4. The Morgan fingerprint density at radius 2 is 1.17 bits per heavy atom. The molecule has 0 radical (unpaired) electrons. The summed E-state index contributed by atoms with van der Waals surface area (Å²) in [6, 6.07) is 0. The molecule has 6 atom stereocenters. The normalized spacial score (nSPS) is 22.0. The lowest BCUT2D eigenvalue weighted by Crippen LogP contribution is -2.59. The van der Waals surface area contributed by atoms with Crippen LogP contribution < -0.4 is 0 Å². The highest BCUT2D eigenvalue weighted by molar-refractivity contribution is 5.70. The number of ether oxygens (including phenoxy) is 4. The summed E-state index contributed by atoms with van der Waals surface area (Å²) in [4.78, 5) is 25.1. The van der Waals surface area contributed by atoms with Gasteiger partial charge in [0.1, 0.15) is 31.0 Å². The summed E-state index contributed by atoms with van der Waals surface area (Å²) in [5, 5.41) is 39.8. The van der Waals surface area contributed by atoms with Gasteiger partial charge in [0, 0.05) is 12.8 Å². The highest BCUT2D eigenvalue weighted by Gasteiger charge is 2.44. The predicted octanol–water partition coefficient (Wildman–Crippen LogP) is 6.44. The molecular formula is C37H68O10. The molecule has 0 aromatic rings. The largest absolute Gasteiger partial charge is 0.462 e. The maximum absolute atomic E-state index is 12.6. The predicted molar refractivity (Wildman–Crippen MR) is 183 cm³/mol. The van der Waals surface area contributed by atoms with E-state index in [9.17, 15) is 30.0 Å². The van der Waals surface area contributed by atoms with Gasteiger partial charge >= 0.3 is 11.9 Å². The average Bonchev–Trinajstić information content (AvgIpc) is 3.06. The van der Waals surface area contributed by atoms with Gasteiger partial charge in [0.05, 0.1) is 13.2 Å². The molecule has 0 spiro atoms. The first-order valence-corrected chi connectivity index (χ1v) is 18.8. The Morgan fingerprint density at radius 1 is 0.638 bits per heavy atom. The van der Waals surface area contributed by atoms with Gasteiger partial charge in [0.2, 0.25) is 0 Å². The minimum atomic E-state index is -1.59. The lowest BCUT2D eigenvalue weighted by molar-refractivity contribution is -0.305. The smallest absolute Gasteiger partial charge is 0.306 e. The highest BCUT2D eigenvalue weighted by Crippen LogP contribution is 2.22. The molecule has 0 aliphatic carbocycles. The number of carbonyl (C=O) groups is 2. The first-order valence-electron chi connectivity index (χ1n) is 18.8. The molecule has 1 fully saturated rings. The lowest BCUT2D eigenvalue weighted by Gasteiger charge is -2.39. The summed E-state index contributed by atoms with van der Waals surface area (Å²) in [5.74, 6) is -0.817. The maximum Gasteiger partial charge on any atom is 0.306 e. The van der Waals surface area contributed by atoms with Gasteiger partial charge in [-0.15, -0.1) is 0 Å². The van der Waals surface area contributed by atoms with Crippen LogP contribution in [0, 0.1) is 0 Å². The van der Waals surface area contributed by atoms with Crippen LogP contribution in [0.5, 0.6) is 0 Å². The van der Waals surface area contributed by atoms with Crippen molar-refractivity contribution in [1.29, 1.82) is 0 Å². The molecule has 0 aromatic carbocycles. The van der Waals surface area contributed by atoms with E-state index in [4.69, 9.17) is 18.9 Å². The zero-order chi connectivity index (χ0) is 34.5. The number of hydrogen-bond donors (Lipinski definition) is 4. The Bertz CT molecular complexity index is 789. The van der Waals surface area contributed by atoms with E-state index in [1.807, 2.05) is 0 Å². The van der Waals surface area contributed by atoms with Gasteiger partial charge in [-0.25, -0.2) is 0 Å². The van der Waals surface area contributed by atoms with E-state index in [1.54, 1.807) is 0 Å². The third kappa shape index (κ3) is 21.9. The van der Waals surface area contributed by atoms with E-state index in [0.29, 0.717) is 6.42 Å². The molecule has 10 heteroatoms. The second-order valence-electron chi connectivity index (χ2n) is 13.0. The van der Waals surface area contributed by atoms with Crippen molar-refractivity contribution in [3.63, 3.8) is 0 Å². The SMILES string of the molecule is CCC/C=C\CCCCCCCC(=O)OC(COC(=O)CCCCCCCCCCCCCC)COC1OC(CO)C(O)C(O)C1O. The van der Waals surface area contributed by atoms with Crippen molar-refractivity contribution in [2.45, 2.75) is 192 Å². The fourth-order valence-corrected chi connectivity index (χ4v) is 5.60. The third-order valence-electron chi connectivity index (χ3n) is 8.63. The van der Waals surface area contributed by atoms with Crippen molar-refractivity contribution < 1.29 is 49.0 Å². The zero-order valence-corrected chi connectivity index (χ0v) is 29.5. The van der Waals surface area contributed by atoms with Crippen molar-refractivity contribution in [1.82, 2.24) is 0 Å². The maximum atomic E-state index is 12.6. The highest BCUT2D eigenvalue weighted by atomic mass is 16.7. The van der Waals surface area contributed by atoms with Crippen molar-refractivity contribution in [2.24, 2.45) is 0 Å². The van der Waals surface area contributed by atoms with Crippen molar-refractivity contribution >= 4 is 11.9 Å². The van der Waals surface area contributed by atoms with E-state index in [1.165, 1.54) is 57.8 Å². The molecule has 4 N–H and O–H groups in total. The first-order chi connectivity index (χ1) is 22.8. The molecule has 1 aliphatic rings. The van der Waals surface area contributed by atoms with E-state index < -0.39 is 49.4 Å². The first kappa shape index (κ1) is 43.5. The number of esters is 2. The van der Waals surface area contributed by atoms with Gasteiger partial charge in [-0.2, -0.15) is 0 Å². The standard InChI is InChI=1S/C37H68O10/c1-3-5-7-9-11-13-15-16-18-19-21-23-25-32(39)44-28-30(29-45-37-36(43)35(42)34(41)31(27-38)47-37)46-33(40)26-24-22-20-17-14-12-10-8-6-4-2/h8,10,30-31,34-38,41-43H,3-7,9,11-29H2,1-2H3/b10-8-. The van der Waals surface area contributed by atoms with Gasteiger partial charge in [-0.1, -0.05) is 122 Å². The van der Waals surface area contributed by atoms with Crippen LogP contribution in [-0.4, -0.2) is 89.0 Å². The zero-order valence-electron chi connectivity index (χ0n) is 29.5. The van der Waals surface area contributed by atoms with Gasteiger partial charge < -0.3 is 39.4 Å². The van der Waals surface area contributed by atoms with Crippen LogP contribution in [0.3, 0.4) is 0 Å². The van der Waals surface area contributed by atoms with Crippen LogP contribution >= 0.6 is 0 Å². The molecule has 1 rings (SSSR count). The third-order valence-corrected chi connectivity index (χ3v) is 8.63. The molecule has 6 unspecified atom stereocenters. The fraction of sp³-hybridized carbons (Fsp3) is 0.892. The molecule has 0 aromatic heterocycles. The monoisotopic (exact) mass is 672 g/mol.